The summed E-state index contributed by atoms with van der Waals surface area (Å²) in [4.78, 5) is 11.6. The summed E-state index contributed by atoms with van der Waals surface area (Å²) in [6.07, 6.45) is 1.93. The van der Waals surface area contributed by atoms with Gasteiger partial charge in [-0.25, -0.2) is 0 Å². The van der Waals surface area contributed by atoms with Crippen LogP contribution in [0.2, 0.25) is 0 Å². The highest BCUT2D eigenvalue weighted by molar-refractivity contribution is 5.79. The van der Waals surface area contributed by atoms with Crippen LogP contribution in [0, 0.1) is 0 Å². The fraction of sp³-hybridized carbons (Fsp3) is 0.417. The summed E-state index contributed by atoms with van der Waals surface area (Å²) in [5.41, 5.74) is 6.29. The van der Waals surface area contributed by atoms with Gasteiger partial charge in [-0.05, 0) is 18.9 Å². The molecule has 0 unspecified atom stereocenters. The maximum atomic E-state index is 11.6. The first-order valence-electron chi connectivity index (χ1n) is 5.47. The molecule has 1 aliphatic carbocycles. The van der Waals surface area contributed by atoms with Crippen LogP contribution < -0.4 is 11.1 Å². The molecular formula is C12H16N2O2. The first-order chi connectivity index (χ1) is 7.65. The lowest BCUT2D eigenvalue weighted by Crippen LogP contribution is -2.50. The van der Waals surface area contributed by atoms with E-state index in [9.17, 15) is 9.90 Å². The Kier molecular flexibility index (Phi) is 3.10. The van der Waals surface area contributed by atoms with E-state index in [1.807, 2.05) is 6.07 Å². The second kappa shape index (κ2) is 4.53. The Morgan fingerprint density at radius 2 is 2.12 bits per heavy atom. The van der Waals surface area contributed by atoms with Gasteiger partial charge in [-0.15, -0.1) is 0 Å². The van der Waals surface area contributed by atoms with E-state index in [4.69, 9.17) is 5.73 Å². The van der Waals surface area contributed by atoms with Crippen LogP contribution in [0.4, 0.5) is 0 Å². The summed E-state index contributed by atoms with van der Waals surface area (Å²) >= 11 is 0. The monoisotopic (exact) mass is 220 g/mol. The zero-order chi connectivity index (χ0) is 11.5. The zero-order valence-electron chi connectivity index (χ0n) is 9.02. The molecule has 0 saturated heterocycles. The van der Waals surface area contributed by atoms with Crippen molar-refractivity contribution in [2.24, 2.45) is 5.73 Å². The summed E-state index contributed by atoms with van der Waals surface area (Å²) in [5.74, 6) is 0.112. The van der Waals surface area contributed by atoms with Gasteiger partial charge in [-0.3, -0.25) is 4.79 Å². The van der Waals surface area contributed by atoms with Crippen molar-refractivity contribution < 1.29 is 9.90 Å². The Morgan fingerprint density at radius 3 is 2.75 bits per heavy atom. The minimum absolute atomic E-state index is 0.0570. The Balaban J connectivity index is 1.85. The van der Waals surface area contributed by atoms with E-state index in [-0.39, 0.29) is 30.2 Å². The molecule has 86 valence electrons. The van der Waals surface area contributed by atoms with Gasteiger partial charge in [0.2, 0.25) is 5.91 Å². The van der Waals surface area contributed by atoms with Gasteiger partial charge in [0.15, 0.2) is 0 Å². The second-order valence-corrected chi connectivity index (χ2v) is 4.30. The molecule has 16 heavy (non-hydrogen) atoms. The zero-order valence-corrected chi connectivity index (χ0v) is 9.02. The number of para-hydroxylation sites is 1. The van der Waals surface area contributed by atoms with Crippen molar-refractivity contribution in [3.63, 3.8) is 0 Å². The van der Waals surface area contributed by atoms with Gasteiger partial charge >= 0.3 is 0 Å². The van der Waals surface area contributed by atoms with Crippen molar-refractivity contribution in [2.45, 2.75) is 31.3 Å². The molecule has 1 saturated carbocycles. The number of carbonyl (C=O) groups excluding carboxylic acids is 1. The molecule has 0 radical (unpaired) electrons. The number of benzene rings is 1. The van der Waals surface area contributed by atoms with Crippen LogP contribution in [-0.2, 0) is 11.2 Å². The maximum Gasteiger partial charge on any atom is 0.224 e. The van der Waals surface area contributed by atoms with E-state index in [0.717, 1.165) is 12.8 Å². The van der Waals surface area contributed by atoms with E-state index < -0.39 is 0 Å². The number of hydrogen-bond acceptors (Lipinski definition) is 3. The van der Waals surface area contributed by atoms with Crippen LogP contribution in [0.1, 0.15) is 18.4 Å². The number of nitrogens with two attached hydrogens (primary N) is 1. The largest absolute Gasteiger partial charge is 0.508 e. The average molecular weight is 220 g/mol. The van der Waals surface area contributed by atoms with Crippen molar-refractivity contribution >= 4 is 5.91 Å². The SMILES string of the molecule is NC1CC(NC(=O)Cc2ccccc2O)C1. The fourth-order valence-electron chi connectivity index (χ4n) is 1.89. The summed E-state index contributed by atoms with van der Waals surface area (Å²) in [6, 6.07) is 7.33. The average Bonchev–Trinajstić information content (AvgIpc) is 2.19. The van der Waals surface area contributed by atoms with Gasteiger partial charge in [-0.1, -0.05) is 18.2 Å². The number of carbonyl (C=O) groups is 1. The number of phenolic OH excluding ortho intramolecular Hbond substituents is 1. The fourth-order valence-corrected chi connectivity index (χ4v) is 1.89. The molecule has 0 atom stereocenters. The van der Waals surface area contributed by atoms with Crippen molar-refractivity contribution in [1.82, 2.24) is 5.32 Å². The van der Waals surface area contributed by atoms with Gasteiger partial charge in [0.05, 0.1) is 6.42 Å². The lowest BCUT2D eigenvalue weighted by atomic mass is 9.87. The van der Waals surface area contributed by atoms with Crippen LogP contribution >= 0.6 is 0 Å². The normalized spacial score (nSPS) is 23.6. The molecule has 0 spiro atoms. The molecule has 1 aromatic carbocycles. The molecular weight excluding hydrogens is 204 g/mol. The van der Waals surface area contributed by atoms with Gasteiger partial charge in [-0.2, -0.15) is 0 Å². The molecule has 1 aromatic rings. The topological polar surface area (TPSA) is 75.3 Å². The van der Waals surface area contributed by atoms with Crippen LogP contribution in [0.25, 0.3) is 0 Å². The molecule has 1 fully saturated rings. The van der Waals surface area contributed by atoms with E-state index in [0.29, 0.717) is 5.56 Å². The van der Waals surface area contributed by atoms with Crippen LogP contribution in [-0.4, -0.2) is 23.1 Å². The Hall–Kier alpha value is -1.55. The molecule has 1 amide bonds. The summed E-state index contributed by atoms with van der Waals surface area (Å²) in [6.45, 7) is 0. The predicted molar refractivity (Wildman–Crippen MR) is 61.0 cm³/mol. The Bertz CT molecular complexity index is 386. The third-order valence-corrected chi connectivity index (χ3v) is 2.88. The second-order valence-electron chi connectivity index (χ2n) is 4.30. The highest BCUT2D eigenvalue weighted by atomic mass is 16.3. The Morgan fingerprint density at radius 1 is 1.44 bits per heavy atom. The molecule has 0 bridgehead atoms. The molecule has 4 N–H and O–H groups in total. The van der Waals surface area contributed by atoms with Crippen molar-refractivity contribution in [2.75, 3.05) is 0 Å². The lowest BCUT2D eigenvalue weighted by molar-refractivity contribution is -0.121. The number of amides is 1. The molecule has 4 heteroatoms. The highest BCUT2D eigenvalue weighted by Crippen LogP contribution is 2.19. The first-order valence-corrected chi connectivity index (χ1v) is 5.47. The lowest BCUT2D eigenvalue weighted by Gasteiger charge is -2.33. The highest BCUT2D eigenvalue weighted by Gasteiger charge is 2.27. The van der Waals surface area contributed by atoms with Crippen molar-refractivity contribution in [3.05, 3.63) is 29.8 Å². The van der Waals surface area contributed by atoms with Gasteiger partial charge < -0.3 is 16.2 Å². The molecule has 2 rings (SSSR count). The van der Waals surface area contributed by atoms with Crippen molar-refractivity contribution in [3.8, 4) is 5.75 Å². The number of nitrogens with one attached hydrogen (secondary N) is 1. The Labute approximate surface area is 94.5 Å². The molecule has 0 heterocycles. The van der Waals surface area contributed by atoms with Crippen molar-refractivity contribution in [1.29, 1.82) is 0 Å². The van der Waals surface area contributed by atoms with E-state index in [1.54, 1.807) is 18.2 Å². The van der Waals surface area contributed by atoms with Gasteiger partial charge in [0.1, 0.15) is 5.75 Å². The van der Waals surface area contributed by atoms with E-state index in [2.05, 4.69) is 5.32 Å². The van der Waals surface area contributed by atoms with Crippen LogP contribution in [0.5, 0.6) is 5.75 Å². The molecule has 0 aromatic heterocycles. The quantitative estimate of drug-likeness (QED) is 0.696. The maximum absolute atomic E-state index is 11.6. The van der Waals surface area contributed by atoms with E-state index >= 15 is 0 Å². The number of hydrogen-bond donors (Lipinski definition) is 3. The summed E-state index contributed by atoms with van der Waals surface area (Å²) < 4.78 is 0. The number of rotatable bonds is 3. The predicted octanol–water partition coefficient (Wildman–Crippen LogP) is 0.541. The van der Waals surface area contributed by atoms with E-state index in [1.165, 1.54) is 0 Å². The summed E-state index contributed by atoms with van der Waals surface area (Å²) in [7, 11) is 0. The third-order valence-electron chi connectivity index (χ3n) is 2.88. The smallest absolute Gasteiger partial charge is 0.224 e. The third kappa shape index (κ3) is 2.52. The van der Waals surface area contributed by atoms with Gasteiger partial charge in [0, 0.05) is 17.6 Å². The van der Waals surface area contributed by atoms with Crippen LogP contribution in [0.3, 0.4) is 0 Å². The first kappa shape index (κ1) is 11.0. The molecule has 0 aliphatic heterocycles. The molecule has 4 nitrogen and oxygen atoms in total. The molecule has 1 aliphatic rings. The van der Waals surface area contributed by atoms with Crippen LogP contribution in [0.15, 0.2) is 24.3 Å². The summed E-state index contributed by atoms with van der Waals surface area (Å²) in [5, 5.41) is 12.4. The standard InChI is InChI=1S/C12H16N2O2/c13-9-6-10(7-9)14-12(16)5-8-3-1-2-4-11(8)15/h1-4,9-10,15H,5-7,13H2,(H,14,16). The minimum Gasteiger partial charge on any atom is -0.508 e. The minimum atomic E-state index is -0.0570. The van der Waals surface area contributed by atoms with Gasteiger partial charge in [0.25, 0.3) is 0 Å². The number of aromatic hydroxyl groups is 1. The number of phenols is 1.